The van der Waals surface area contributed by atoms with Crippen molar-refractivity contribution in [1.29, 1.82) is 0 Å². The molecule has 27 heavy (non-hydrogen) atoms. The third-order valence-corrected chi connectivity index (χ3v) is 4.24. The Morgan fingerprint density at radius 3 is 2.30 bits per heavy atom. The summed E-state index contributed by atoms with van der Waals surface area (Å²) in [6.07, 6.45) is 0.469. The summed E-state index contributed by atoms with van der Waals surface area (Å²) in [5.41, 5.74) is -0.0985. The van der Waals surface area contributed by atoms with Gasteiger partial charge in [-0.15, -0.1) is 0 Å². The first kappa shape index (κ1) is 20.6. The highest BCUT2D eigenvalue weighted by atomic mass is 16.4. The molecule has 1 unspecified atom stereocenters. The minimum absolute atomic E-state index is 0.0195. The average molecular weight is 373 g/mol. The fourth-order valence-corrected chi connectivity index (χ4v) is 3.01. The standard InChI is InChI=1S/C20H27N3O4/c1-12(2)9-14(20(26)27)10-21-18(24)17-15-7-5-6-8-16(15)19(25)23(22-17)11-13(3)4/h5-8,12-14H,9-11H2,1-4H3,(H,21,24)(H,26,27). The number of carbonyl (C=O) groups is 2. The Kier molecular flexibility index (Phi) is 6.71. The van der Waals surface area contributed by atoms with E-state index in [9.17, 15) is 19.5 Å². The van der Waals surface area contributed by atoms with E-state index in [0.29, 0.717) is 23.7 Å². The summed E-state index contributed by atoms with van der Waals surface area (Å²) in [5.74, 6) is -1.68. The van der Waals surface area contributed by atoms with Crippen molar-refractivity contribution >= 4 is 22.6 Å². The van der Waals surface area contributed by atoms with Gasteiger partial charge in [0.1, 0.15) is 0 Å². The Hall–Kier alpha value is -2.70. The highest BCUT2D eigenvalue weighted by molar-refractivity contribution is 6.04. The van der Waals surface area contributed by atoms with Crippen LogP contribution in [-0.2, 0) is 11.3 Å². The van der Waals surface area contributed by atoms with E-state index in [-0.39, 0.29) is 29.6 Å². The first-order chi connectivity index (χ1) is 12.7. The molecule has 0 bridgehead atoms. The molecule has 7 nitrogen and oxygen atoms in total. The number of aromatic nitrogens is 2. The van der Waals surface area contributed by atoms with Gasteiger partial charge in [0.25, 0.3) is 11.5 Å². The molecule has 2 aromatic rings. The van der Waals surface area contributed by atoms with Crippen LogP contribution < -0.4 is 10.9 Å². The molecule has 1 aromatic heterocycles. The number of aliphatic carboxylic acids is 1. The highest BCUT2D eigenvalue weighted by Gasteiger charge is 2.22. The molecule has 1 aromatic carbocycles. The molecule has 0 saturated heterocycles. The maximum atomic E-state index is 12.7. The molecular formula is C20H27N3O4. The van der Waals surface area contributed by atoms with E-state index < -0.39 is 17.8 Å². The summed E-state index contributed by atoms with van der Waals surface area (Å²) < 4.78 is 1.31. The molecule has 1 atom stereocenters. The number of carboxylic acids is 1. The number of benzene rings is 1. The molecular weight excluding hydrogens is 346 g/mol. The number of rotatable bonds is 8. The maximum Gasteiger partial charge on any atom is 0.308 e. The molecule has 2 rings (SSSR count). The zero-order chi connectivity index (χ0) is 20.1. The number of nitrogens with one attached hydrogen (secondary N) is 1. The molecule has 1 heterocycles. The fourth-order valence-electron chi connectivity index (χ4n) is 3.01. The molecule has 0 radical (unpaired) electrons. The number of carboxylic acid groups (broad SMARTS) is 1. The van der Waals surface area contributed by atoms with Crippen LogP contribution in [0.3, 0.4) is 0 Å². The SMILES string of the molecule is CC(C)CC(CNC(=O)c1nn(CC(C)C)c(=O)c2ccccc12)C(=O)O. The number of hydrogen-bond acceptors (Lipinski definition) is 4. The Bertz CT molecular complexity index is 886. The van der Waals surface area contributed by atoms with Gasteiger partial charge in [-0.1, -0.05) is 45.9 Å². The Labute approximate surface area is 158 Å². The first-order valence-electron chi connectivity index (χ1n) is 9.21. The van der Waals surface area contributed by atoms with Crippen molar-refractivity contribution in [1.82, 2.24) is 15.1 Å². The van der Waals surface area contributed by atoms with E-state index >= 15 is 0 Å². The van der Waals surface area contributed by atoms with Crippen molar-refractivity contribution in [3.05, 3.63) is 40.3 Å². The number of fused-ring (bicyclic) bond motifs is 1. The van der Waals surface area contributed by atoms with Crippen molar-refractivity contribution in [2.75, 3.05) is 6.54 Å². The van der Waals surface area contributed by atoms with Gasteiger partial charge in [0.15, 0.2) is 5.69 Å². The van der Waals surface area contributed by atoms with Crippen molar-refractivity contribution in [2.24, 2.45) is 17.8 Å². The molecule has 7 heteroatoms. The van der Waals surface area contributed by atoms with Crippen molar-refractivity contribution in [2.45, 2.75) is 40.7 Å². The lowest BCUT2D eigenvalue weighted by Crippen LogP contribution is -2.36. The lowest BCUT2D eigenvalue weighted by Gasteiger charge is -2.16. The summed E-state index contributed by atoms with van der Waals surface area (Å²) in [7, 11) is 0. The van der Waals surface area contributed by atoms with Crippen LogP contribution in [-0.4, -0.2) is 33.3 Å². The monoisotopic (exact) mass is 373 g/mol. The van der Waals surface area contributed by atoms with Crippen LogP contribution >= 0.6 is 0 Å². The van der Waals surface area contributed by atoms with E-state index in [2.05, 4.69) is 10.4 Å². The molecule has 146 valence electrons. The first-order valence-corrected chi connectivity index (χ1v) is 9.21. The second-order valence-electron chi connectivity index (χ2n) is 7.65. The van der Waals surface area contributed by atoms with Crippen LogP contribution in [0.25, 0.3) is 10.8 Å². The fraction of sp³-hybridized carbons (Fsp3) is 0.500. The maximum absolute atomic E-state index is 12.7. The predicted octanol–water partition coefficient (Wildman–Crippen LogP) is 2.53. The van der Waals surface area contributed by atoms with Crippen LogP contribution in [0, 0.1) is 17.8 Å². The quantitative estimate of drug-likeness (QED) is 0.740. The molecule has 0 aliphatic heterocycles. The molecule has 0 aliphatic rings. The molecule has 0 spiro atoms. The number of hydrogen-bond donors (Lipinski definition) is 2. The molecule has 0 fully saturated rings. The summed E-state index contributed by atoms with van der Waals surface area (Å²) in [6, 6.07) is 6.84. The number of nitrogens with zero attached hydrogens (tertiary/aromatic N) is 2. The van der Waals surface area contributed by atoms with Crippen LogP contribution in [0.1, 0.15) is 44.6 Å². The molecule has 2 N–H and O–H groups in total. The van der Waals surface area contributed by atoms with Gasteiger partial charge < -0.3 is 10.4 Å². The third-order valence-electron chi connectivity index (χ3n) is 4.24. The van der Waals surface area contributed by atoms with Gasteiger partial charge in [0.05, 0.1) is 11.3 Å². The summed E-state index contributed by atoms with van der Waals surface area (Å²) in [5, 5.41) is 17.2. The van der Waals surface area contributed by atoms with Crippen molar-refractivity contribution < 1.29 is 14.7 Å². The second kappa shape index (κ2) is 8.79. The summed E-state index contributed by atoms with van der Waals surface area (Å²) in [4.78, 5) is 36.7. The average Bonchev–Trinajstić information content (AvgIpc) is 2.60. The van der Waals surface area contributed by atoms with E-state index in [1.807, 2.05) is 27.7 Å². The predicted molar refractivity (Wildman–Crippen MR) is 104 cm³/mol. The van der Waals surface area contributed by atoms with Gasteiger partial charge in [-0.3, -0.25) is 14.4 Å². The van der Waals surface area contributed by atoms with Gasteiger partial charge in [0.2, 0.25) is 0 Å². The zero-order valence-corrected chi connectivity index (χ0v) is 16.2. The normalized spacial score (nSPS) is 12.5. The van der Waals surface area contributed by atoms with Gasteiger partial charge in [0, 0.05) is 18.5 Å². The van der Waals surface area contributed by atoms with E-state index in [1.165, 1.54) is 4.68 Å². The summed E-state index contributed by atoms with van der Waals surface area (Å²) >= 11 is 0. The number of amides is 1. The minimum Gasteiger partial charge on any atom is -0.481 e. The van der Waals surface area contributed by atoms with Gasteiger partial charge in [-0.25, -0.2) is 4.68 Å². The lowest BCUT2D eigenvalue weighted by molar-refractivity contribution is -0.142. The zero-order valence-electron chi connectivity index (χ0n) is 16.2. The highest BCUT2D eigenvalue weighted by Crippen LogP contribution is 2.15. The van der Waals surface area contributed by atoms with Crippen LogP contribution in [0.4, 0.5) is 0 Å². The minimum atomic E-state index is -0.938. The second-order valence-corrected chi connectivity index (χ2v) is 7.65. The summed E-state index contributed by atoms with van der Waals surface area (Å²) in [6.45, 7) is 8.23. The largest absolute Gasteiger partial charge is 0.481 e. The number of carbonyl (C=O) groups excluding carboxylic acids is 1. The van der Waals surface area contributed by atoms with Gasteiger partial charge >= 0.3 is 5.97 Å². The van der Waals surface area contributed by atoms with Gasteiger partial charge in [-0.05, 0) is 24.3 Å². The lowest BCUT2D eigenvalue weighted by atomic mass is 9.97. The molecule has 1 amide bonds. The Balaban J connectivity index is 2.36. The van der Waals surface area contributed by atoms with Crippen LogP contribution in [0.2, 0.25) is 0 Å². The van der Waals surface area contributed by atoms with Gasteiger partial charge in [-0.2, -0.15) is 5.10 Å². The van der Waals surface area contributed by atoms with Crippen LogP contribution in [0.15, 0.2) is 29.1 Å². The Morgan fingerprint density at radius 2 is 1.74 bits per heavy atom. The Morgan fingerprint density at radius 1 is 1.11 bits per heavy atom. The van der Waals surface area contributed by atoms with E-state index in [1.54, 1.807) is 24.3 Å². The van der Waals surface area contributed by atoms with Crippen molar-refractivity contribution in [3.8, 4) is 0 Å². The third kappa shape index (κ3) is 5.15. The van der Waals surface area contributed by atoms with Crippen LogP contribution in [0.5, 0.6) is 0 Å². The smallest absolute Gasteiger partial charge is 0.308 e. The van der Waals surface area contributed by atoms with Crippen molar-refractivity contribution in [3.63, 3.8) is 0 Å². The van der Waals surface area contributed by atoms with E-state index in [0.717, 1.165) is 0 Å². The molecule has 0 aliphatic carbocycles. The molecule has 0 saturated carbocycles. The topological polar surface area (TPSA) is 101 Å². The van der Waals surface area contributed by atoms with E-state index in [4.69, 9.17) is 0 Å².